The van der Waals surface area contributed by atoms with Crippen LogP contribution in [0.25, 0.3) is 22.6 Å². The van der Waals surface area contributed by atoms with E-state index in [1.54, 1.807) is 30.3 Å². The summed E-state index contributed by atoms with van der Waals surface area (Å²) in [6.45, 7) is 0. The highest BCUT2D eigenvalue weighted by Crippen LogP contribution is 2.33. The number of anilines is 1. The molecule has 1 amide bonds. The average molecular weight is 497 g/mol. The number of oxazole rings is 1. The number of hydrogen-bond donors (Lipinski definition) is 1. The first-order valence-electron chi connectivity index (χ1n) is 8.03. The maximum atomic E-state index is 12.6. The maximum absolute atomic E-state index is 12.6. The number of halogens is 4. The normalized spacial score (nSPS) is 11.0. The van der Waals surface area contributed by atoms with E-state index in [0.717, 1.165) is 4.47 Å². The number of rotatable bonds is 3. The number of benzene rings is 3. The zero-order valence-corrected chi connectivity index (χ0v) is 17.8. The Morgan fingerprint density at radius 3 is 2.57 bits per heavy atom. The number of carbonyl (C=O) groups excluding carboxylic acids is 1. The van der Waals surface area contributed by atoms with Crippen LogP contribution in [0.1, 0.15) is 10.4 Å². The molecule has 3 aromatic carbocycles. The van der Waals surface area contributed by atoms with Crippen LogP contribution in [0.2, 0.25) is 15.1 Å². The highest BCUT2D eigenvalue weighted by atomic mass is 79.9. The maximum Gasteiger partial charge on any atom is 0.257 e. The van der Waals surface area contributed by atoms with Crippen LogP contribution in [-0.4, -0.2) is 10.9 Å². The molecule has 4 nitrogen and oxygen atoms in total. The van der Waals surface area contributed by atoms with Gasteiger partial charge in [0, 0.05) is 15.2 Å². The van der Waals surface area contributed by atoms with Gasteiger partial charge in [0.1, 0.15) is 5.52 Å². The van der Waals surface area contributed by atoms with Crippen molar-refractivity contribution in [3.8, 4) is 11.5 Å². The molecule has 0 spiro atoms. The first-order valence-corrected chi connectivity index (χ1v) is 9.96. The Balaban J connectivity index is 1.68. The van der Waals surface area contributed by atoms with Crippen molar-refractivity contribution in [1.29, 1.82) is 0 Å². The van der Waals surface area contributed by atoms with Crippen molar-refractivity contribution in [3.05, 3.63) is 79.7 Å². The summed E-state index contributed by atoms with van der Waals surface area (Å²) in [6.07, 6.45) is 0. The Kier molecular flexibility index (Phi) is 5.34. The van der Waals surface area contributed by atoms with Crippen LogP contribution in [-0.2, 0) is 0 Å². The Morgan fingerprint density at radius 2 is 1.75 bits per heavy atom. The lowest BCUT2D eigenvalue weighted by molar-refractivity contribution is 0.102. The molecule has 0 radical (unpaired) electrons. The summed E-state index contributed by atoms with van der Waals surface area (Å²) >= 11 is 21.8. The smallest absolute Gasteiger partial charge is 0.257 e. The van der Waals surface area contributed by atoms with E-state index < -0.39 is 0 Å². The summed E-state index contributed by atoms with van der Waals surface area (Å²) in [5, 5.41) is 3.96. The molecule has 0 saturated carbocycles. The van der Waals surface area contributed by atoms with Gasteiger partial charge in [-0.2, -0.15) is 0 Å². The van der Waals surface area contributed by atoms with Crippen molar-refractivity contribution in [2.24, 2.45) is 0 Å². The van der Waals surface area contributed by atoms with Crippen LogP contribution in [0.4, 0.5) is 5.69 Å². The molecule has 0 atom stereocenters. The van der Waals surface area contributed by atoms with Crippen molar-refractivity contribution >= 4 is 73.4 Å². The van der Waals surface area contributed by atoms with Gasteiger partial charge in [0.05, 0.1) is 21.2 Å². The van der Waals surface area contributed by atoms with E-state index in [-0.39, 0.29) is 11.5 Å². The molecule has 0 saturated heterocycles. The van der Waals surface area contributed by atoms with E-state index in [1.165, 1.54) is 6.07 Å². The third-order valence-corrected chi connectivity index (χ3v) is 5.36. The fourth-order valence-corrected chi connectivity index (χ4v) is 3.58. The molecule has 1 heterocycles. The van der Waals surface area contributed by atoms with Crippen LogP contribution in [0.5, 0.6) is 0 Å². The Labute approximate surface area is 183 Å². The summed E-state index contributed by atoms with van der Waals surface area (Å²) in [6, 6.07) is 15.3. The van der Waals surface area contributed by atoms with Gasteiger partial charge >= 0.3 is 0 Å². The van der Waals surface area contributed by atoms with Gasteiger partial charge < -0.3 is 9.73 Å². The molecule has 1 N–H and O–H groups in total. The molecule has 4 rings (SSSR count). The van der Waals surface area contributed by atoms with Gasteiger partial charge in [0.2, 0.25) is 5.89 Å². The predicted molar refractivity (Wildman–Crippen MR) is 117 cm³/mol. The molecule has 0 aliphatic rings. The largest absolute Gasteiger partial charge is 0.436 e. The Morgan fingerprint density at radius 1 is 0.964 bits per heavy atom. The SMILES string of the molecule is O=C(Nc1ccc(Cl)c(-c2nc3cc(Br)ccc3o2)c1)c1cc(Cl)ccc1Cl. The molecular formula is C20H10BrCl3N2O2. The molecule has 0 aliphatic carbocycles. The molecule has 0 aliphatic heterocycles. The quantitative estimate of drug-likeness (QED) is 0.320. The standard InChI is InChI=1S/C20H10BrCl3N2O2/c21-10-1-6-18-17(7-10)26-20(28-18)14-9-12(3-5-16(14)24)25-19(27)13-8-11(22)2-4-15(13)23/h1-9H,(H,25,27). The monoisotopic (exact) mass is 494 g/mol. The van der Waals surface area contributed by atoms with Crippen molar-refractivity contribution < 1.29 is 9.21 Å². The Hall–Kier alpha value is -2.05. The molecule has 28 heavy (non-hydrogen) atoms. The fraction of sp³-hybridized carbons (Fsp3) is 0. The van der Waals surface area contributed by atoms with Crippen molar-refractivity contribution in [1.82, 2.24) is 4.98 Å². The molecular weight excluding hydrogens is 486 g/mol. The fourth-order valence-electron chi connectivity index (χ4n) is 2.65. The second-order valence-electron chi connectivity index (χ2n) is 5.90. The van der Waals surface area contributed by atoms with Gasteiger partial charge in [-0.3, -0.25) is 4.79 Å². The molecule has 4 aromatic rings. The highest BCUT2D eigenvalue weighted by Gasteiger charge is 2.15. The number of hydrogen-bond acceptors (Lipinski definition) is 3. The number of nitrogens with one attached hydrogen (secondary N) is 1. The average Bonchev–Trinajstić information content (AvgIpc) is 3.08. The van der Waals surface area contributed by atoms with E-state index >= 15 is 0 Å². The van der Waals surface area contributed by atoms with Crippen LogP contribution in [0, 0.1) is 0 Å². The number of fused-ring (bicyclic) bond motifs is 1. The van der Waals surface area contributed by atoms with Crippen LogP contribution in [0.3, 0.4) is 0 Å². The second kappa shape index (κ2) is 7.76. The molecule has 140 valence electrons. The zero-order chi connectivity index (χ0) is 19.8. The van der Waals surface area contributed by atoms with Gasteiger partial charge in [0.25, 0.3) is 5.91 Å². The van der Waals surface area contributed by atoms with Crippen molar-refractivity contribution in [2.75, 3.05) is 5.32 Å². The summed E-state index contributed by atoms with van der Waals surface area (Å²) in [7, 11) is 0. The number of aromatic nitrogens is 1. The number of nitrogens with zero attached hydrogens (tertiary/aromatic N) is 1. The van der Waals surface area contributed by atoms with E-state index in [0.29, 0.717) is 43.3 Å². The summed E-state index contributed by atoms with van der Waals surface area (Å²) in [5.74, 6) is -0.0303. The minimum atomic E-state index is -0.387. The molecule has 0 fully saturated rings. The number of amides is 1. The highest BCUT2D eigenvalue weighted by molar-refractivity contribution is 9.10. The molecule has 0 bridgehead atoms. The van der Waals surface area contributed by atoms with Crippen LogP contribution >= 0.6 is 50.7 Å². The third-order valence-electron chi connectivity index (χ3n) is 3.98. The van der Waals surface area contributed by atoms with E-state index in [1.807, 2.05) is 18.2 Å². The van der Waals surface area contributed by atoms with Gasteiger partial charge in [0.15, 0.2) is 5.58 Å². The summed E-state index contributed by atoms with van der Waals surface area (Å²) in [4.78, 5) is 17.0. The van der Waals surface area contributed by atoms with Crippen molar-refractivity contribution in [3.63, 3.8) is 0 Å². The summed E-state index contributed by atoms with van der Waals surface area (Å²) in [5.41, 5.74) is 2.68. The van der Waals surface area contributed by atoms with Crippen LogP contribution in [0.15, 0.2) is 63.5 Å². The van der Waals surface area contributed by atoms with E-state index in [4.69, 9.17) is 39.2 Å². The first-order chi connectivity index (χ1) is 13.4. The van der Waals surface area contributed by atoms with E-state index in [2.05, 4.69) is 26.2 Å². The topological polar surface area (TPSA) is 55.1 Å². The summed E-state index contributed by atoms with van der Waals surface area (Å²) < 4.78 is 6.70. The second-order valence-corrected chi connectivity index (χ2v) is 8.07. The van der Waals surface area contributed by atoms with Crippen molar-refractivity contribution in [2.45, 2.75) is 0 Å². The van der Waals surface area contributed by atoms with E-state index in [9.17, 15) is 4.79 Å². The third kappa shape index (κ3) is 3.89. The van der Waals surface area contributed by atoms with Gasteiger partial charge in [-0.15, -0.1) is 0 Å². The molecule has 1 aromatic heterocycles. The minimum absolute atomic E-state index is 0.275. The lowest BCUT2D eigenvalue weighted by Crippen LogP contribution is -2.12. The first kappa shape index (κ1) is 19.3. The van der Waals surface area contributed by atoms with Gasteiger partial charge in [-0.1, -0.05) is 50.7 Å². The lowest BCUT2D eigenvalue weighted by Gasteiger charge is -2.09. The number of carbonyl (C=O) groups is 1. The molecule has 8 heteroatoms. The van der Waals surface area contributed by atoms with Gasteiger partial charge in [-0.05, 0) is 54.6 Å². The Bertz CT molecular complexity index is 1220. The lowest BCUT2D eigenvalue weighted by atomic mass is 10.1. The molecule has 0 unspecified atom stereocenters. The van der Waals surface area contributed by atoms with Crippen LogP contribution < -0.4 is 5.32 Å². The van der Waals surface area contributed by atoms with Gasteiger partial charge in [-0.25, -0.2) is 4.98 Å². The minimum Gasteiger partial charge on any atom is -0.436 e. The predicted octanol–water partition coefficient (Wildman–Crippen LogP) is 7.47. The zero-order valence-electron chi connectivity index (χ0n) is 14.0.